The van der Waals surface area contributed by atoms with Gasteiger partial charge in [0.2, 0.25) is 15.0 Å². The smallest absolute Gasteiger partial charge is 0.254 e. The SMILES string of the molecule is CCN(Cc1cnc(S(=O)(=O)Cc2ccccc2Cl)n1CCOC)C(=O)c1ccc(C)cc1. The van der Waals surface area contributed by atoms with Crippen LogP contribution in [0.15, 0.2) is 59.9 Å². The van der Waals surface area contributed by atoms with Crippen molar-refractivity contribution in [2.45, 2.75) is 37.8 Å². The van der Waals surface area contributed by atoms with Crippen LogP contribution in [-0.4, -0.2) is 49.0 Å². The van der Waals surface area contributed by atoms with Gasteiger partial charge in [0.1, 0.15) is 0 Å². The molecule has 0 fully saturated rings. The Morgan fingerprint density at radius 1 is 1.15 bits per heavy atom. The number of aromatic nitrogens is 2. The van der Waals surface area contributed by atoms with Gasteiger partial charge in [-0.05, 0) is 37.6 Å². The summed E-state index contributed by atoms with van der Waals surface area (Å²) in [6.07, 6.45) is 1.51. The minimum absolute atomic E-state index is 0.0618. The second kappa shape index (κ2) is 11.0. The number of rotatable bonds is 10. The lowest BCUT2D eigenvalue weighted by molar-refractivity contribution is 0.0747. The minimum atomic E-state index is -3.79. The number of sulfone groups is 1. The van der Waals surface area contributed by atoms with Crippen LogP contribution in [0.5, 0.6) is 0 Å². The number of imidazole rings is 1. The standard InChI is InChI=1S/C24H28ClN3O4S/c1-4-27(23(29)19-11-9-18(2)10-12-19)16-21-15-26-24(28(21)13-14-32-3)33(30,31)17-20-7-5-6-8-22(20)25/h5-12,15H,4,13-14,16-17H2,1-3H3. The molecule has 1 heterocycles. The number of methoxy groups -OCH3 is 1. The van der Waals surface area contributed by atoms with E-state index in [1.54, 1.807) is 53.0 Å². The summed E-state index contributed by atoms with van der Waals surface area (Å²) in [5.41, 5.74) is 2.77. The number of nitrogens with zero attached hydrogens (tertiary/aromatic N) is 3. The van der Waals surface area contributed by atoms with Gasteiger partial charge in [0, 0.05) is 30.8 Å². The van der Waals surface area contributed by atoms with Crippen molar-refractivity contribution < 1.29 is 17.9 Å². The molecule has 0 N–H and O–H groups in total. The minimum Gasteiger partial charge on any atom is -0.383 e. The molecule has 0 saturated carbocycles. The highest BCUT2D eigenvalue weighted by Crippen LogP contribution is 2.23. The first-order valence-corrected chi connectivity index (χ1v) is 12.6. The zero-order valence-corrected chi connectivity index (χ0v) is 20.6. The number of halogens is 1. The molecule has 2 aromatic carbocycles. The van der Waals surface area contributed by atoms with Crippen molar-refractivity contribution in [3.8, 4) is 0 Å². The first-order chi connectivity index (χ1) is 15.8. The summed E-state index contributed by atoms with van der Waals surface area (Å²) in [6.45, 7) is 5.13. The van der Waals surface area contributed by atoms with Gasteiger partial charge in [-0.3, -0.25) is 4.79 Å². The van der Waals surface area contributed by atoms with Crippen LogP contribution in [0.2, 0.25) is 5.02 Å². The molecule has 176 valence electrons. The molecular weight excluding hydrogens is 462 g/mol. The van der Waals surface area contributed by atoms with E-state index in [0.717, 1.165) is 5.56 Å². The summed E-state index contributed by atoms with van der Waals surface area (Å²) in [5, 5.41) is 0.324. The van der Waals surface area contributed by atoms with Crippen LogP contribution in [0.3, 0.4) is 0 Å². The molecule has 33 heavy (non-hydrogen) atoms. The van der Waals surface area contributed by atoms with Crippen LogP contribution in [0.25, 0.3) is 0 Å². The Labute approximate surface area is 199 Å². The maximum Gasteiger partial charge on any atom is 0.254 e. The van der Waals surface area contributed by atoms with E-state index in [-0.39, 0.29) is 23.4 Å². The topological polar surface area (TPSA) is 81.5 Å². The lowest BCUT2D eigenvalue weighted by Gasteiger charge is -2.22. The summed E-state index contributed by atoms with van der Waals surface area (Å²) in [5.74, 6) is -0.395. The third-order valence-electron chi connectivity index (χ3n) is 5.32. The Morgan fingerprint density at radius 3 is 2.48 bits per heavy atom. The van der Waals surface area contributed by atoms with E-state index in [2.05, 4.69) is 4.98 Å². The molecule has 0 radical (unpaired) electrons. The van der Waals surface area contributed by atoms with E-state index >= 15 is 0 Å². The van der Waals surface area contributed by atoms with Gasteiger partial charge in [0.05, 0.1) is 30.8 Å². The zero-order valence-electron chi connectivity index (χ0n) is 19.0. The van der Waals surface area contributed by atoms with Crippen molar-refractivity contribution in [3.63, 3.8) is 0 Å². The molecule has 0 saturated heterocycles. The normalized spacial score (nSPS) is 11.5. The molecule has 7 nitrogen and oxygen atoms in total. The molecule has 0 aliphatic heterocycles. The summed E-state index contributed by atoms with van der Waals surface area (Å²) in [6, 6.07) is 14.2. The van der Waals surface area contributed by atoms with Crippen molar-refractivity contribution >= 4 is 27.3 Å². The van der Waals surface area contributed by atoms with Crippen molar-refractivity contribution in [3.05, 3.63) is 82.1 Å². The quantitative estimate of drug-likeness (QED) is 0.427. The van der Waals surface area contributed by atoms with Crippen LogP contribution in [0.1, 0.15) is 34.1 Å². The second-order valence-corrected chi connectivity index (χ2v) is 10.0. The van der Waals surface area contributed by atoms with Gasteiger partial charge in [-0.15, -0.1) is 0 Å². The van der Waals surface area contributed by atoms with Crippen molar-refractivity contribution in [2.75, 3.05) is 20.3 Å². The monoisotopic (exact) mass is 489 g/mol. The van der Waals surface area contributed by atoms with Crippen LogP contribution in [0, 0.1) is 6.92 Å². The molecule has 0 aliphatic carbocycles. The first kappa shape index (κ1) is 25.0. The molecule has 0 atom stereocenters. The predicted molar refractivity (Wildman–Crippen MR) is 128 cm³/mol. The summed E-state index contributed by atoms with van der Waals surface area (Å²) < 4.78 is 33.3. The molecule has 1 aromatic heterocycles. The van der Waals surface area contributed by atoms with Crippen molar-refractivity contribution in [1.82, 2.24) is 14.5 Å². The molecule has 9 heteroatoms. The number of carbonyl (C=O) groups excluding carboxylic acids is 1. The van der Waals surface area contributed by atoms with E-state index in [1.165, 1.54) is 6.20 Å². The number of amides is 1. The Morgan fingerprint density at radius 2 is 1.85 bits per heavy atom. The third-order valence-corrected chi connectivity index (χ3v) is 7.26. The molecule has 3 rings (SSSR count). The van der Waals surface area contributed by atoms with Crippen LogP contribution in [-0.2, 0) is 33.4 Å². The fraction of sp³-hybridized carbons (Fsp3) is 0.333. The highest BCUT2D eigenvalue weighted by molar-refractivity contribution is 7.90. The predicted octanol–water partition coefficient (Wildman–Crippen LogP) is 4.13. The van der Waals surface area contributed by atoms with Crippen molar-refractivity contribution in [2.24, 2.45) is 0 Å². The van der Waals surface area contributed by atoms with Gasteiger partial charge in [-0.1, -0.05) is 47.5 Å². The van der Waals surface area contributed by atoms with E-state index in [0.29, 0.717) is 41.5 Å². The Bertz CT molecular complexity index is 1210. The third kappa shape index (κ3) is 6.01. The fourth-order valence-corrected chi connectivity index (χ4v) is 5.30. The maximum atomic E-state index is 13.2. The largest absolute Gasteiger partial charge is 0.383 e. The van der Waals surface area contributed by atoms with Crippen LogP contribution < -0.4 is 0 Å². The Balaban J connectivity index is 1.91. The molecule has 0 aliphatic rings. The summed E-state index contributed by atoms with van der Waals surface area (Å²) in [4.78, 5) is 18.9. The lowest BCUT2D eigenvalue weighted by Crippen LogP contribution is -2.31. The number of ether oxygens (including phenoxy) is 1. The van der Waals surface area contributed by atoms with Gasteiger partial charge < -0.3 is 14.2 Å². The van der Waals surface area contributed by atoms with Gasteiger partial charge in [0.15, 0.2) is 0 Å². The highest BCUT2D eigenvalue weighted by atomic mass is 35.5. The Kier molecular flexibility index (Phi) is 8.29. The van der Waals surface area contributed by atoms with Gasteiger partial charge in [-0.25, -0.2) is 13.4 Å². The average molecular weight is 490 g/mol. The second-order valence-electron chi connectivity index (χ2n) is 7.71. The molecule has 0 bridgehead atoms. The van der Waals surface area contributed by atoms with Gasteiger partial charge in [-0.2, -0.15) is 0 Å². The number of hydrogen-bond donors (Lipinski definition) is 0. The number of carbonyl (C=O) groups is 1. The molecule has 1 amide bonds. The zero-order chi connectivity index (χ0) is 24.0. The fourth-order valence-electron chi connectivity index (χ4n) is 3.47. The summed E-state index contributed by atoms with van der Waals surface area (Å²) in [7, 11) is -2.24. The molecule has 3 aromatic rings. The number of aryl methyl sites for hydroxylation is 1. The van der Waals surface area contributed by atoms with Gasteiger partial charge >= 0.3 is 0 Å². The maximum absolute atomic E-state index is 13.2. The van der Waals surface area contributed by atoms with Crippen LogP contribution in [0.4, 0.5) is 0 Å². The lowest BCUT2D eigenvalue weighted by atomic mass is 10.1. The van der Waals surface area contributed by atoms with E-state index in [4.69, 9.17) is 16.3 Å². The first-order valence-electron chi connectivity index (χ1n) is 10.6. The Hall–Kier alpha value is -2.68. The van der Waals surface area contributed by atoms with Crippen molar-refractivity contribution in [1.29, 1.82) is 0 Å². The number of benzene rings is 2. The molecule has 0 unspecified atom stereocenters. The van der Waals surface area contributed by atoms with E-state index in [9.17, 15) is 13.2 Å². The molecular formula is C24H28ClN3O4S. The van der Waals surface area contributed by atoms with Crippen LogP contribution >= 0.6 is 11.6 Å². The van der Waals surface area contributed by atoms with E-state index in [1.807, 2.05) is 26.0 Å². The number of hydrogen-bond acceptors (Lipinski definition) is 5. The summed E-state index contributed by atoms with van der Waals surface area (Å²) >= 11 is 6.18. The van der Waals surface area contributed by atoms with Gasteiger partial charge in [0.25, 0.3) is 5.91 Å². The average Bonchev–Trinajstić information content (AvgIpc) is 3.21. The van der Waals surface area contributed by atoms with E-state index < -0.39 is 9.84 Å². The molecule has 0 spiro atoms. The highest BCUT2D eigenvalue weighted by Gasteiger charge is 2.26.